The van der Waals surface area contributed by atoms with Crippen LogP contribution in [0.2, 0.25) is 5.02 Å². The molecule has 1 N–H and O–H groups in total. The van der Waals surface area contributed by atoms with Gasteiger partial charge in [-0.2, -0.15) is 0 Å². The molecule has 0 atom stereocenters. The Balaban J connectivity index is 0.000000351. The smallest absolute Gasteiger partial charge is 0.293 e. The average Bonchev–Trinajstić information content (AvgIpc) is 2.50. The molecule has 134 valence electrons. The zero-order valence-electron chi connectivity index (χ0n) is 14.4. The van der Waals surface area contributed by atoms with Crippen molar-refractivity contribution in [2.24, 2.45) is 0 Å². The standard InChI is InChI=1S/C13H15ClFNO.C5H10O2/c14-11-9-10(1-2-12(11)15)13(5-8-17)3-6-16-7-4-13;1-5(2,3)7-4-6/h1-2,8-9,16H,3-7H2;4H,1-3H3. The third kappa shape index (κ3) is 6.21. The van der Waals surface area contributed by atoms with E-state index in [0.29, 0.717) is 12.9 Å². The van der Waals surface area contributed by atoms with E-state index in [1.54, 1.807) is 12.1 Å². The highest BCUT2D eigenvalue weighted by Crippen LogP contribution is 2.37. The average molecular weight is 358 g/mol. The third-order valence-electron chi connectivity index (χ3n) is 3.97. The van der Waals surface area contributed by atoms with Crippen LogP contribution in [0.4, 0.5) is 4.39 Å². The quantitative estimate of drug-likeness (QED) is 0.836. The Morgan fingerprint density at radius 2 is 1.92 bits per heavy atom. The molecular weight excluding hydrogens is 333 g/mol. The SMILES string of the molecule is CC(C)(C)OC=O.O=CCC1(c2ccc(F)c(Cl)c2)CCNCC1. The minimum absolute atomic E-state index is 0.131. The van der Waals surface area contributed by atoms with E-state index >= 15 is 0 Å². The molecule has 24 heavy (non-hydrogen) atoms. The fourth-order valence-electron chi connectivity index (χ4n) is 2.65. The summed E-state index contributed by atoms with van der Waals surface area (Å²) in [4.78, 5) is 20.5. The van der Waals surface area contributed by atoms with Gasteiger partial charge in [0.25, 0.3) is 6.47 Å². The van der Waals surface area contributed by atoms with Crippen LogP contribution in [0.25, 0.3) is 0 Å². The summed E-state index contributed by atoms with van der Waals surface area (Å²) in [7, 11) is 0. The van der Waals surface area contributed by atoms with E-state index < -0.39 is 5.82 Å². The highest BCUT2D eigenvalue weighted by atomic mass is 35.5. The molecule has 1 heterocycles. The Morgan fingerprint density at radius 3 is 2.33 bits per heavy atom. The van der Waals surface area contributed by atoms with E-state index in [1.165, 1.54) is 6.07 Å². The van der Waals surface area contributed by atoms with Crippen LogP contribution >= 0.6 is 11.6 Å². The first-order valence-corrected chi connectivity index (χ1v) is 8.33. The van der Waals surface area contributed by atoms with Crippen molar-refractivity contribution < 1.29 is 18.7 Å². The van der Waals surface area contributed by atoms with Crippen molar-refractivity contribution in [1.82, 2.24) is 5.32 Å². The fourth-order valence-corrected chi connectivity index (χ4v) is 2.83. The largest absolute Gasteiger partial charge is 0.462 e. The summed E-state index contributed by atoms with van der Waals surface area (Å²) in [5.41, 5.74) is 0.476. The van der Waals surface area contributed by atoms with Crippen molar-refractivity contribution in [1.29, 1.82) is 0 Å². The number of rotatable bonds is 4. The number of carbonyl (C=O) groups excluding carboxylic acids is 2. The van der Waals surface area contributed by atoms with Gasteiger partial charge in [-0.3, -0.25) is 4.79 Å². The monoisotopic (exact) mass is 357 g/mol. The molecular formula is C18H25ClFNO3. The maximum atomic E-state index is 13.2. The number of aldehydes is 1. The molecule has 0 bridgehead atoms. The maximum absolute atomic E-state index is 13.2. The number of hydrogen-bond donors (Lipinski definition) is 1. The summed E-state index contributed by atoms with van der Waals surface area (Å²) in [5, 5.41) is 3.40. The van der Waals surface area contributed by atoms with Crippen molar-refractivity contribution in [3.63, 3.8) is 0 Å². The number of nitrogens with one attached hydrogen (secondary N) is 1. The van der Waals surface area contributed by atoms with E-state index in [4.69, 9.17) is 11.6 Å². The lowest BCUT2D eigenvalue weighted by atomic mass is 9.71. The van der Waals surface area contributed by atoms with Crippen molar-refractivity contribution >= 4 is 24.4 Å². The van der Waals surface area contributed by atoms with E-state index in [1.807, 2.05) is 20.8 Å². The molecule has 1 aromatic rings. The number of piperidine rings is 1. The lowest BCUT2D eigenvalue weighted by Gasteiger charge is -2.37. The lowest BCUT2D eigenvalue weighted by molar-refractivity contribution is -0.138. The van der Waals surface area contributed by atoms with Crippen LogP contribution in [0.15, 0.2) is 18.2 Å². The van der Waals surface area contributed by atoms with Gasteiger partial charge in [0.1, 0.15) is 17.7 Å². The van der Waals surface area contributed by atoms with Crippen LogP contribution < -0.4 is 5.32 Å². The zero-order chi connectivity index (χ0) is 18.2. The predicted molar refractivity (Wildman–Crippen MR) is 92.8 cm³/mol. The molecule has 1 saturated heterocycles. The Hall–Kier alpha value is -1.46. The molecule has 0 spiro atoms. The molecule has 0 unspecified atom stereocenters. The van der Waals surface area contributed by atoms with Crippen LogP contribution in [-0.4, -0.2) is 31.4 Å². The van der Waals surface area contributed by atoms with Gasteiger partial charge in [-0.25, -0.2) is 4.39 Å². The number of halogens is 2. The molecule has 4 nitrogen and oxygen atoms in total. The van der Waals surface area contributed by atoms with Gasteiger partial charge in [-0.1, -0.05) is 17.7 Å². The Morgan fingerprint density at radius 1 is 1.29 bits per heavy atom. The van der Waals surface area contributed by atoms with Crippen molar-refractivity contribution in [2.45, 2.75) is 51.0 Å². The molecule has 1 aliphatic heterocycles. The molecule has 6 heteroatoms. The van der Waals surface area contributed by atoms with Crippen LogP contribution in [0.5, 0.6) is 0 Å². The van der Waals surface area contributed by atoms with E-state index in [0.717, 1.165) is 37.8 Å². The molecule has 1 aromatic carbocycles. The Labute approximate surface area is 147 Å². The number of benzene rings is 1. The molecule has 1 fully saturated rings. The second-order valence-electron chi connectivity index (χ2n) is 6.86. The van der Waals surface area contributed by atoms with E-state index in [2.05, 4.69) is 10.1 Å². The molecule has 2 rings (SSSR count). The molecule has 1 aliphatic rings. The molecule has 0 aromatic heterocycles. The number of ether oxygens (including phenoxy) is 1. The molecule has 0 amide bonds. The van der Waals surface area contributed by atoms with Gasteiger partial charge in [0.15, 0.2) is 0 Å². The molecule has 0 aliphatic carbocycles. The van der Waals surface area contributed by atoms with Crippen LogP contribution in [0.3, 0.4) is 0 Å². The maximum Gasteiger partial charge on any atom is 0.293 e. The van der Waals surface area contributed by atoms with Gasteiger partial charge in [0, 0.05) is 11.8 Å². The minimum Gasteiger partial charge on any atom is -0.462 e. The van der Waals surface area contributed by atoms with Crippen LogP contribution in [0, 0.1) is 5.82 Å². The topological polar surface area (TPSA) is 55.4 Å². The minimum atomic E-state index is -0.411. The van der Waals surface area contributed by atoms with Crippen molar-refractivity contribution in [2.75, 3.05) is 13.1 Å². The Kier molecular flexibility index (Phi) is 7.84. The summed E-state index contributed by atoms with van der Waals surface area (Å²) >= 11 is 5.82. The third-order valence-corrected chi connectivity index (χ3v) is 4.26. The highest BCUT2D eigenvalue weighted by Gasteiger charge is 2.33. The van der Waals surface area contributed by atoms with Gasteiger partial charge in [-0.05, 0) is 64.4 Å². The lowest BCUT2D eigenvalue weighted by Crippen LogP contribution is -2.40. The second kappa shape index (κ2) is 9.14. The predicted octanol–water partition coefficient (Wildman–Crippen LogP) is 3.65. The van der Waals surface area contributed by atoms with Crippen LogP contribution in [-0.2, 0) is 19.7 Å². The molecule has 0 radical (unpaired) electrons. The van der Waals surface area contributed by atoms with Crippen LogP contribution in [0.1, 0.15) is 45.6 Å². The number of carbonyl (C=O) groups is 2. The fraction of sp³-hybridized carbons (Fsp3) is 0.556. The first-order valence-electron chi connectivity index (χ1n) is 7.95. The highest BCUT2D eigenvalue weighted by molar-refractivity contribution is 6.30. The van der Waals surface area contributed by atoms with Gasteiger partial charge in [0.05, 0.1) is 5.02 Å². The van der Waals surface area contributed by atoms with Crippen molar-refractivity contribution in [3.8, 4) is 0 Å². The first-order chi connectivity index (χ1) is 11.2. The summed E-state index contributed by atoms with van der Waals surface area (Å²) in [6, 6.07) is 4.79. The first kappa shape index (κ1) is 20.6. The second-order valence-corrected chi connectivity index (χ2v) is 7.26. The molecule has 0 saturated carbocycles. The van der Waals surface area contributed by atoms with E-state index in [-0.39, 0.29) is 16.0 Å². The number of hydrogen-bond acceptors (Lipinski definition) is 4. The Bertz CT molecular complexity index is 552. The van der Waals surface area contributed by atoms with E-state index in [9.17, 15) is 14.0 Å². The van der Waals surface area contributed by atoms with Gasteiger partial charge in [0.2, 0.25) is 0 Å². The van der Waals surface area contributed by atoms with Gasteiger partial charge >= 0.3 is 0 Å². The summed E-state index contributed by atoms with van der Waals surface area (Å²) < 4.78 is 17.7. The normalized spacial score (nSPS) is 16.5. The van der Waals surface area contributed by atoms with Crippen molar-refractivity contribution in [3.05, 3.63) is 34.6 Å². The summed E-state index contributed by atoms with van der Waals surface area (Å²) in [5.74, 6) is -0.411. The summed E-state index contributed by atoms with van der Waals surface area (Å²) in [6.45, 7) is 7.68. The van der Waals surface area contributed by atoms with Gasteiger partial charge in [-0.15, -0.1) is 0 Å². The van der Waals surface area contributed by atoms with Gasteiger partial charge < -0.3 is 14.8 Å². The summed E-state index contributed by atoms with van der Waals surface area (Å²) in [6.07, 6.45) is 3.18. The zero-order valence-corrected chi connectivity index (χ0v) is 15.2.